The second-order valence-electron chi connectivity index (χ2n) is 4.78. The lowest BCUT2D eigenvalue weighted by atomic mass is 9.89. The normalized spacial score (nSPS) is 11.9. The fourth-order valence-electron chi connectivity index (χ4n) is 1.79. The molecule has 15 heavy (non-hydrogen) atoms. The molecule has 84 valence electrons. The predicted octanol–water partition coefficient (Wildman–Crippen LogP) is 3.83. The van der Waals surface area contributed by atoms with Crippen LogP contribution in [0.15, 0.2) is 4.42 Å². The second kappa shape index (κ2) is 4.01. The minimum Gasteiger partial charge on any atom is -0.465 e. The minimum absolute atomic E-state index is 0.0161. The number of carbonyl (C=O) groups is 1. The lowest BCUT2D eigenvalue weighted by molar-refractivity contribution is 0.101. The van der Waals surface area contributed by atoms with Crippen molar-refractivity contribution < 1.29 is 9.21 Å². The molecule has 0 aliphatic carbocycles. The Morgan fingerprint density at radius 3 is 2.27 bits per heavy atom. The van der Waals surface area contributed by atoms with Gasteiger partial charge in [0.1, 0.15) is 11.5 Å². The highest BCUT2D eigenvalue weighted by atomic mass is 35.5. The van der Waals surface area contributed by atoms with E-state index in [0.29, 0.717) is 17.2 Å². The van der Waals surface area contributed by atoms with Crippen LogP contribution in [0, 0.1) is 6.92 Å². The van der Waals surface area contributed by atoms with Crippen molar-refractivity contribution in [3.8, 4) is 0 Å². The molecule has 3 heteroatoms. The molecule has 0 spiro atoms. The van der Waals surface area contributed by atoms with Crippen LogP contribution in [0.2, 0.25) is 0 Å². The zero-order valence-electron chi connectivity index (χ0n) is 9.90. The first-order valence-electron chi connectivity index (χ1n) is 4.98. The molecule has 1 aromatic rings. The van der Waals surface area contributed by atoms with Gasteiger partial charge >= 0.3 is 0 Å². The van der Waals surface area contributed by atoms with Crippen LogP contribution < -0.4 is 0 Å². The van der Waals surface area contributed by atoms with Crippen LogP contribution in [-0.2, 0) is 11.3 Å². The molecule has 1 rings (SSSR count). The summed E-state index contributed by atoms with van der Waals surface area (Å²) < 4.78 is 5.66. The summed E-state index contributed by atoms with van der Waals surface area (Å²) in [5.41, 5.74) is 1.37. The Morgan fingerprint density at radius 1 is 1.40 bits per heavy atom. The van der Waals surface area contributed by atoms with Crippen LogP contribution in [0.4, 0.5) is 0 Å². The van der Waals surface area contributed by atoms with Gasteiger partial charge in [0, 0.05) is 11.0 Å². The van der Waals surface area contributed by atoms with Gasteiger partial charge in [-0.2, -0.15) is 0 Å². The fourth-order valence-corrected chi connectivity index (χ4v) is 2.04. The summed E-state index contributed by atoms with van der Waals surface area (Å²) in [6.07, 6.45) is 0. The molecule has 0 radical (unpaired) electrons. The number of Topliss-reactive ketones (excluding diaryl/α,β-unsaturated/α-hetero) is 1. The van der Waals surface area contributed by atoms with Gasteiger partial charge in [0.15, 0.2) is 5.78 Å². The van der Waals surface area contributed by atoms with Gasteiger partial charge in [0.25, 0.3) is 0 Å². The fraction of sp³-hybridized carbons (Fsp3) is 0.583. The van der Waals surface area contributed by atoms with E-state index < -0.39 is 0 Å². The van der Waals surface area contributed by atoms with Crippen molar-refractivity contribution in [3.05, 3.63) is 22.6 Å². The summed E-state index contributed by atoms with van der Waals surface area (Å²) in [6.45, 7) is 9.49. The molecule has 1 aromatic heterocycles. The summed E-state index contributed by atoms with van der Waals surface area (Å²) >= 11 is 5.89. The Kier molecular flexibility index (Phi) is 3.29. The van der Waals surface area contributed by atoms with Crippen molar-refractivity contribution in [2.45, 2.75) is 45.9 Å². The molecule has 0 saturated heterocycles. The summed E-state index contributed by atoms with van der Waals surface area (Å²) in [6, 6.07) is 0. The van der Waals surface area contributed by atoms with E-state index in [1.807, 2.05) is 27.7 Å². The predicted molar refractivity (Wildman–Crippen MR) is 61.7 cm³/mol. The van der Waals surface area contributed by atoms with Crippen LogP contribution in [0.5, 0.6) is 0 Å². The average molecular weight is 229 g/mol. The van der Waals surface area contributed by atoms with Gasteiger partial charge in [-0.1, -0.05) is 20.8 Å². The molecule has 1 heterocycles. The first-order valence-corrected chi connectivity index (χ1v) is 5.52. The lowest BCUT2D eigenvalue weighted by Gasteiger charge is -2.16. The SMILES string of the molecule is CC(=O)c1c(C)oc(C(C)(C)C)c1CCl. The van der Waals surface area contributed by atoms with E-state index in [0.717, 1.165) is 11.3 Å². The molecule has 0 aliphatic rings. The third-order valence-corrected chi connectivity index (χ3v) is 2.62. The molecule has 0 bridgehead atoms. The number of furan rings is 1. The highest BCUT2D eigenvalue weighted by Gasteiger charge is 2.27. The van der Waals surface area contributed by atoms with Crippen LogP contribution in [0.3, 0.4) is 0 Å². The largest absolute Gasteiger partial charge is 0.465 e. The molecule has 0 atom stereocenters. The van der Waals surface area contributed by atoms with Crippen LogP contribution in [0.25, 0.3) is 0 Å². The Morgan fingerprint density at radius 2 is 1.93 bits per heavy atom. The average Bonchev–Trinajstić information content (AvgIpc) is 2.41. The first kappa shape index (κ1) is 12.3. The zero-order valence-corrected chi connectivity index (χ0v) is 10.7. The standard InChI is InChI=1S/C12H17ClO2/c1-7(14)10-8(2)15-11(9(10)6-13)12(3,4)5/h6H2,1-5H3. The maximum Gasteiger partial charge on any atom is 0.163 e. The summed E-state index contributed by atoms with van der Waals surface area (Å²) in [5, 5.41) is 0. The van der Waals surface area contributed by atoms with E-state index in [4.69, 9.17) is 16.0 Å². The van der Waals surface area contributed by atoms with Crippen molar-refractivity contribution in [3.63, 3.8) is 0 Å². The molecule has 0 aromatic carbocycles. The molecular formula is C12H17ClO2. The Labute approximate surface area is 95.6 Å². The number of ketones is 1. The number of hydrogen-bond acceptors (Lipinski definition) is 2. The van der Waals surface area contributed by atoms with Crippen LogP contribution in [-0.4, -0.2) is 5.78 Å². The van der Waals surface area contributed by atoms with E-state index in [1.54, 1.807) is 6.92 Å². The van der Waals surface area contributed by atoms with E-state index in [9.17, 15) is 4.79 Å². The van der Waals surface area contributed by atoms with Crippen molar-refractivity contribution in [1.82, 2.24) is 0 Å². The lowest BCUT2D eigenvalue weighted by Crippen LogP contribution is -2.12. The van der Waals surface area contributed by atoms with Gasteiger partial charge in [0.2, 0.25) is 0 Å². The summed E-state index contributed by atoms with van der Waals surface area (Å²) in [4.78, 5) is 11.5. The molecule has 0 N–H and O–H groups in total. The molecule has 0 fully saturated rings. The van der Waals surface area contributed by atoms with Gasteiger partial charge in [-0.25, -0.2) is 0 Å². The third-order valence-electron chi connectivity index (χ3n) is 2.35. The van der Waals surface area contributed by atoms with E-state index in [-0.39, 0.29) is 11.2 Å². The van der Waals surface area contributed by atoms with E-state index in [1.165, 1.54) is 0 Å². The molecule has 0 saturated carbocycles. The van der Waals surface area contributed by atoms with Crippen molar-refractivity contribution >= 4 is 17.4 Å². The van der Waals surface area contributed by atoms with Gasteiger partial charge in [-0.3, -0.25) is 4.79 Å². The topological polar surface area (TPSA) is 30.2 Å². The first-order chi connectivity index (χ1) is 6.79. The quantitative estimate of drug-likeness (QED) is 0.569. The van der Waals surface area contributed by atoms with Crippen LogP contribution >= 0.6 is 11.6 Å². The molecule has 0 aliphatic heterocycles. The second-order valence-corrected chi connectivity index (χ2v) is 5.05. The van der Waals surface area contributed by atoms with E-state index in [2.05, 4.69) is 0 Å². The molecular weight excluding hydrogens is 212 g/mol. The smallest absolute Gasteiger partial charge is 0.163 e. The van der Waals surface area contributed by atoms with Gasteiger partial charge in [-0.05, 0) is 13.8 Å². The third kappa shape index (κ3) is 2.25. The Bertz CT molecular complexity index is 383. The number of rotatable bonds is 2. The van der Waals surface area contributed by atoms with Gasteiger partial charge < -0.3 is 4.42 Å². The molecule has 2 nitrogen and oxygen atoms in total. The summed E-state index contributed by atoms with van der Waals surface area (Å²) in [5.74, 6) is 1.82. The van der Waals surface area contributed by atoms with Crippen LogP contribution in [0.1, 0.15) is 55.1 Å². The number of alkyl halides is 1. The number of aryl methyl sites for hydroxylation is 1. The van der Waals surface area contributed by atoms with Crippen molar-refractivity contribution in [2.75, 3.05) is 0 Å². The van der Waals surface area contributed by atoms with E-state index >= 15 is 0 Å². The van der Waals surface area contributed by atoms with Crippen molar-refractivity contribution in [2.24, 2.45) is 0 Å². The maximum absolute atomic E-state index is 11.5. The maximum atomic E-state index is 11.5. The highest BCUT2D eigenvalue weighted by molar-refractivity contribution is 6.18. The van der Waals surface area contributed by atoms with Gasteiger partial charge in [-0.15, -0.1) is 11.6 Å². The zero-order chi connectivity index (χ0) is 11.8. The number of carbonyl (C=O) groups excluding carboxylic acids is 1. The highest BCUT2D eigenvalue weighted by Crippen LogP contribution is 2.33. The summed E-state index contributed by atoms with van der Waals surface area (Å²) in [7, 11) is 0. The minimum atomic E-state index is -0.122. The molecule has 0 unspecified atom stereocenters. The van der Waals surface area contributed by atoms with Gasteiger partial charge in [0.05, 0.1) is 11.4 Å². The number of halogens is 1. The Balaban J connectivity index is 3.45. The monoisotopic (exact) mass is 228 g/mol. The number of hydrogen-bond donors (Lipinski definition) is 0. The van der Waals surface area contributed by atoms with Crippen molar-refractivity contribution in [1.29, 1.82) is 0 Å². The Hall–Kier alpha value is -0.760. The molecule has 0 amide bonds.